The van der Waals surface area contributed by atoms with Crippen LogP contribution in [-0.4, -0.2) is 32.1 Å². The van der Waals surface area contributed by atoms with Crippen molar-refractivity contribution in [1.29, 1.82) is 0 Å². The van der Waals surface area contributed by atoms with E-state index < -0.39 is 0 Å². The fourth-order valence-electron chi connectivity index (χ4n) is 2.67. The van der Waals surface area contributed by atoms with Crippen molar-refractivity contribution in [3.8, 4) is 5.75 Å². The average molecular weight is 299 g/mol. The Hall–Kier alpha value is -0.580. The molecule has 94 valence electrons. The Morgan fingerprint density at radius 2 is 2.29 bits per heavy atom. The minimum Gasteiger partial charge on any atom is -0.496 e. The first-order valence-corrected chi connectivity index (χ1v) is 6.70. The van der Waals surface area contributed by atoms with E-state index in [2.05, 4.69) is 40.0 Å². The first kappa shape index (κ1) is 12.9. The van der Waals surface area contributed by atoms with Crippen molar-refractivity contribution in [2.45, 2.75) is 12.5 Å². The second-order valence-corrected chi connectivity index (χ2v) is 5.46. The van der Waals surface area contributed by atoms with Gasteiger partial charge < -0.3 is 10.5 Å². The molecule has 0 amide bonds. The Balaban J connectivity index is 2.29. The molecule has 4 heteroatoms. The predicted octanol–water partition coefficient (Wildman–Crippen LogP) is 2.41. The third kappa shape index (κ3) is 2.49. The van der Waals surface area contributed by atoms with Crippen LogP contribution >= 0.6 is 15.9 Å². The van der Waals surface area contributed by atoms with Gasteiger partial charge in [-0.05, 0) is 66.1 Å². The van der Waals surface area contributed by atoms with Crippen LogP contribution in [0.5, 0.6) is 5.75 Å². The van der Waals surface area contributed by atoms with Crippen molar-refractivity contribution in [3.63, 3.8) is 0 Å². The normalized spacial score (nSPS) is 25.2. The Morgan fingerprint density at radius 3 is 2.88 bits per heavy atom. The quantitative estimate of drug-likeness (QED) is 0.931. The van der Waals surface area contributed by atoms with Crippen molar-refractivity contribution in [3.05, 3.63) is 28.2 Å². The molecule has 0 bridgehead atoms. The van der Waals surface area contributed by atoms with E-state index in [1.165, 1.54) is 12.0 Å². The summed E-state index contributed by atoms with van der Waals surface area (Å²) in [6.45, 7) is 1.87. The molecule has 17 heavy (non-hydrogen) atoms. The molecule has 2 N–H and O–H groups in total. The molecular weight excluding hydrogens is 280 g/mol. The summed E-state index contributed by atoms with van der Waals surface area (Å²) in [5.41, 5.74) is 7.17. The van der Waals surface area contributed by atoms with E-state index in [4.69, 9.17) is 10.5 Å². The molecule has 1 aliphatic heterocycles. The smallest absolute Gasteiger partial charge is 0.133 e. The van der Waals surface area contributed by atoms with Gasteiger partial charge in [-0.1, -0.05) is 6.07 Å². The zero-order valence-electron chi connectivity index (χ0n) is 10.3. The summed E-state index contributed by atoms with van der Waals surface area (Å²) in [5, 5.41) is 0. The van der Waals surface area contributed by atoms with Gasteiger partial charge in [-0.2, -0.15) is 0 Å². The SMILES string of the molecule is COc1ccc(C2C(CN)CCN2C)cc1Br. The zero-order valence-corrected chi connectivity index (χ0v) is 11.9. The van der Waals surface area contributed by atoms with Crippen LogP contribution < -0.4 is 10.5 Å². The monoisotopic (exact) mass is 298 g/mol. The molecule has 1 aromatic rings. The number of hydrogen-bond donors (Lipinski definition) is 1. The highest BCUT2D eigenvalue weighted by Gasteiger charge is 2.32. The number of hydrogen-bond acceptors (Lipinski definition) is 3. The number of halogens is 1. The van der Waals surface area contributed by atoms with E-state index in [-0.39, 0.29) is 0 Å². The zero-order chi connectivity index (χ0) is 12.4. The molecular formula is C13H19BrN2O. The maximum absolute atomic E-state index is 5.85. The molecule has 0 saturated carbocycles. The van der Waals surface area contributed by atoms with Crippen LogP contribution in [0.2, 0.25) is 0 Å². The maximum Gasteiger partial charge on any atom is 0.133 e. The summed E-state index contributed by atoms with van der Waals surface area (Å²) < 4.78 is 6.27. The predicted molar refractivity (Wildman–Crippen MR) is 73.2 cm³/mol. The number of nitrogens with two attached hydrogens (primary N) is 1. The highest BCUT2D eigenvalue weighted by Crippen LogP contribution is 2.38. The van der Waals surface area contributed by atoms with Gasteiger partial charge >= 0.3 is 0 Å². The highest BCUT2D eigenvalue weighted by atomic mass is 79.9. The maximum atomic E-state index is 5.85. The van der Waals surface area contributed by atoms with E-state index >= 15 is 0 Å². The first-order chi connectivity index (χ1) is 8.17. The number of ether oxygens (including phenoxy) is 1. The Kier molecular flexibility index (Phi) is 4.07. The fraction of sp³-hybridized carbons (Fsp3) is 0.538. The van der Waals surface area contributed by atoms with Gasteiger partial charge in [0.05, 0.1) is 11.6 Å². The summed E-state index contributed by atoms with van der Waals surface area (Å²) in [6.07, 6.45) is 1.18. The van der Waals surface area contributed by atoms with Gasteiger partial charge in [0, 0.05) is 6.04 Å². The van der Waals surface area contributed by atoms with E-state index in [0.717, 1.165) is 23.3 Å². The van der Waals surface area contributed by atoms with E-state index in [1.807, 2.05) is 6.07 Å². The topological polar surface area (TPSA) is 38.5 Å². The lowest BCUT2D eigenvalue weighted by Crippen LogP contribution is -2.25. The second kappa shape index (κ2) is 5.38. The van der Waals surface area contributed by atoms with Crippen molar-refractivity contribution in [2.75, 3.05) is 27.2 Å². The van der Waals surface area contributed by atoms with Crippen LogP contribution in [0.25, 0.3) is 0 Å². The molecule has 1 fully saturated rings. The minimum absolute atomic E-state index is 0.433. The third-order valence-corrected chi connectivity index (χ3v) is 4.21. The van der Waals surface area contributed by atoms with Crippen LogP contribution in [0, 0.1) is 5.92 Å². The number of likely N-dealkylation sites (tertiary alicyclic amines) is 1. The lowest BCUT2D eigenvalue weighted by Gasteiger charge is -2.25. The van der Waals surface area contributed by atoms with Crippen molar-refractivity contribution >= 4 is 15.9 Å². The molecule has 0 spiro atoms. The molecule has 1 aromatic carbocycles. The molecule has 1 aliphatic rings. The van der Waals surface area contributed by atoms with Gasteiger partial charge in [0.2, 0.25) is 0 Å². The molecule has 2 rings (SSSR count). The molecule has 2 atom stereocenters. The summed E-state index contributed by atoms with van der Waals surface area (Å²) in [4.78, 5) is 2.38. The first-order valence-electron chi connectivity index (χ1n) is 5.91. The van der Waals surface area contributed by atoms with Gasteiger partial charge in [-0.15, -0.1) is 0 Å². The molecule has 2 unspecified atom stereocenters. The highest BCUT2D eigenvalue weighted by molar-refractivity contribution is 9.10. The molecule has 0 aromatic heterocycles. The molecule has 1 saturated heterocycles. The second-order valence-electron chi connectivity index (χ2n) is 4.60. The Bertz CT molecular complexity index is 397. The van der Waals surface area contributed by atoms with Crippen LogP contribution in [-0.2, 0) is 0 Å². The molecule has 3 nitrogen and oxygen atoms in total. The van der Waals surface area contributed by atoms with Crippen molar-refractivity contribution < 1.29 is 4.74 Å². The fourth-order valence-corrected chi connectivity index (χ4v) is 3.22. The Morgan fingerprint density at radius 1 is 1.53 bits per heavy atom. The summed E-state index contributed by atoms with van der Waals surface area (Å²) in [6, 6.07) is 6.73. The average Bonchev–Trinajstić information content (AvgIpc) is 2.70. The summed E-state index contributed by atoms with van der Waals surface area (Å²) in [7, 11) is 3.85. The van der Waals surface area contributed by atoms with Gasteiger partial charge in [0.1, 0.15) is 5.75 Å². The van der Waals surface area contributed by atoms with Crippen LogP contribution in [0.4, 0.5) is 0 Å². The van der Waals surface area contributed by atoms with Gasteiger partial charge in [0.25, 0.3) is 0 Å². The molecule has 1 heterocycles. The van der Waals surface area contributed by atoms with Gasteiger partial charge in [-0.25, -0.2) is 0 Å². The van der Waals surface area contributed by atoms with Gasteiger partial charge in [-0.3, -0.25) is 4.90 Å². The van der Waals surface area contributed by atoms with Gasteiger partial charge in [0.15, 0.2) is 0 Å². The van der Waals surface area contributed by atoms with E-state index in [1.54, 1.807) is 7.11 Å². The summed E-state index contributed by atoms with van der Waals surface area (Å²) in [5.74, 6) is 1.43. The largest absolute Gasteiger partial charge is 0.496 e. The van der Waals surface area contributed by atoms with Crippen molar-refractivity contribution in [2.24, 2.45) is 11.7 Å². The number of rotatable bonds is 3. The lowest BCUT2D eigenvalue weighted by atomic mass is 9.94. The van der Waals surface area contributed by atoms with Crippen molar-refractivity contribution in [1.82, 2.24) is 4.90 Å². The summed E-state index contributed by atoms with van der Waals surface area (Å²) >= 11 is 3.54. The van der Waals surface area contributed by atoms with Crippen LogP contribution in [0.15, 0.2) is 22.7 Å². The molecule has 0 aliphatic carbocycles. The molecule has 0 radical (unpaired) electrons. The van der Waals surface area contributed by atoms with Crippen LogP contribution in [0.3, 0.4) is 0 Å². The van der Waals surface area contributed by atoms with Crippen LogP contribution in [0.1, 0.15) is 18.0 Å². The lowest BCUT2D eigenvalue weighted by molar-refractivity contribution is 0.279. The van der Waals surface area contributed by atoms with E-state index in [0.29, 0.717) is 12.0 Å². The minimum atomic E-state index is 0.433. The Labute approximate surface area is 111 Å². The number of benzene rings is 1. The third-order valence-electron chi connectivity index (χ3n) is 3.59. The number of methoxy groups -OCH3 is 1. The van der Waals surface area contributed by atoms with E-state index in [9.17, 15) is 0 Å². The standard InChI is InChI=1S/C13H19BrN2O/c1-16-6-5-10(8-15)13(16)9-3-4-12(17-2)11(14)7-9/h3-4,7,10,13H,5-6,8,15H2,1-2H3. The number of nitrogens with zero attached hydrogens (tertiary/aromatic N) is 1.